The van der Waals surface area contributed by atoms with Crippen molar-refractivity contribution in [3.8, 4) is 11.3 Å². The Morgan fingerprint density at radius 2 is 2.28 bits per heavy atom. The van der Waals surface area contributed by atoms with Gasteiger partial charge in [-0.1, -0.05) is 6.07 Å². The van der Waals surface area contributed by atoms with E-state index in [0.717, 1.165) is 5.69 Å². The van der Waals surface area contributed by atoms with E-state index in [-0.39, 0.29) is 5.82 Å². The van der Waals surface area contributed by atoms with Crippen LogP contribution in [-0.4, -0.2) is 11.0 Å². The number of hydrogen-bond donors (Lipinski definition) is 1. The summed E-state index contributed by atoms with van der Waals surface area (Å²) in [5.41, 5.74) is 1.51. The maximum absolute atomic E-state index is 13.5. The molecule has 2 aromatic rings. The fraction of sp³-hybridized carbons (Fsp3) is 0.308. The second kappa shape index (κ2) is 4.82. The topological polar surface area (TPSA) is 38.1 Å². The fourth-order valence-corrected chi connectivity index (χ4v) is 2.27. The average Bonchev–Trinajstić information content (AvgIpc) is 3.08. The van der Waals surface area contributed by atoms with Crippen molar-refractivity contribution in [1.82, 2.24) is 10.3 Å². The van der Waals surface area contributed by atoms with Crippen LogP contribution in [-0.2, 0) is 6.54 Å². The molecule has 0 amide bonds. The molecule has 3 rings (SSSR count). The Morgan fingerprint density at radius 3 is 3.06 bits per heavy atom. The summed E-state index contributed by atoms with van der Waals surface area (Å²) >= 11 is 3.24. The monoisotopic (exact) mass is 310 g/mol. The molecule has 1 aromatic heterocycles. The molecule has 1 aliphatic carbocycles. The van der Waals surface area contributed by atoms with E-state index in [1.165, 1.54) is 25.3 Å². The molecule has 18 heavy (non-hydrogen) atoms. The van der Waals surface area contributed by atoms with E-state index in [2.05, 4.69) is 26.2 Å². The van der Waals surface area contributed by atoms with Crippen LogP contribution < -0.4 is 5.32 Å². The Labute approximate surface area is 113 Å². The van der Waals surface area contributed by atoms with E-state index in [0.29, 0.717) is 28.4 Å². The molecule has 0 aliphatic heterocycles. The third-order valence-corrected chi connectivity index (χ3v) is 3.78. The molecule has 1 saturated carbocycles. The van der Waals surface area contributed by atoms with E-state index in [1.807, 2.05) is 6.07 Å². The maximum Gasteiger partial charge on any atom is 0.181 e. The van der Waals surface area contributed by atoms with Crippen LogP contribution in [0.1, 0.15) is 18.5 Å². The Hall–Kier alpha value is -1.20. The van der Waals surface area contributed by atoms with Crippen LogP contribution in [0.3, 0.4) is 0 Å². The number of nitrogens with one attached hydrogen (secondary N) is 1. The van der Waals surface area contributed by atoms with Crippen LogP contribution in [0.25, 0.3) is 11.3 Å². The van der Waals surface area contributed by atoms with Crippen molar-refractivity contribution in [2.75, 3.05) is 0 Å². The highest BCUT2D eigenvalue weighted by atomic mass is 79.9. The molecule has 0 bridgehead atoms. The lowest BCUT2D eigenvalue weighted by Gasteiger charge is -2.05. The summed E-state index contributed by atoms with van der Waals surface area (Å²) in [5, 5.41) is 3.37. The van der Waals surface area contributed by atoms with Crippen molar-refractivity contribution in [1.29, 1.82) is 0 Å². The second-order valence-electron chi connectivity index (χ2n) is 4.38. The first-order chi connectivity index (χ1) is 8.75. The molecule has 94 valence electrons. The van der Waals surface area contributed by atoms with Gasteiger partial charge in [0, 0.05) is 18.2 Å². The molecule has 0 unspecified atom stereocenters. The van der Waals surface area contributed by atoms with Gasteiger partial charge in [-0.2, -0.15) is 0 Å². The van der Waals surface area contributed by atoms with Gasteiger partial charge in [-0.15, -0.1) is 0 Å². The summed E-state index contributed by atoms with van der Waals surface area (Å²) < 4.78 is 19.3. The zero-order valence-corrected chi connectivity index (χ0v) is 11.2. The first kappa shape index (κ1) is 11.9. The fourth-order valence-electron chi connectivity index (χ4n) is 1.82. The quantitative estimate of drug-likeness (QED) is 0.939. The van der Waals surface area contributed by atoms with Crippen LogP contribution in [0.5, 0.6) is 0 Å². The standard InChI is InChI=1S/C13H12BrFN2O/c14-12-9(2-1-3-10(12)15)13-11(17-7-18-13)6-16-8-4-5-8/h1-3,7-8,16H,4-6H2. The van der Waals surface area contributed by atoms with Crippen molar-refractivity contribution in [2.24, 2.45) is 0 Å². The Morgan fingerprint density at radius 1 is 1.44 bits per heavy atom. The maximum atomic E-state index is 13.5. The molecule has 0 radical (unpaired) electrons. The summed E-state index contributed by atoms with van der Waals surface area (Å²) in [7, 11) is 0. The predicted octanol–water partition coefficient (Wildman–Crippen LogP) is 3.50. The van der Waals surface area contributed by atoms with Crippen molar-refractivity contribution in [3.63, 3.8) is 0 Å². The molecule has 1 aliphatic rings. The minimum Gasteiger partial charge on any atom is -0.443 e. The zero-order valence-electron chi connectivity index (χ0n) is 9.62. The highest BCUT2D eigenvalue weighted by Gasteiger charge is 2.22. The lowest BCUT2D eigenvalue weighted by atomic mass is 10.1. The molecule has 1 N–H and O–H groups in total. The Balaban J connectivity index is 1.90. The Kier molecular flexibility index (Phi) is 3.18. The largest absolute Gasteiger partial charge is 0.443 e. The number of aromatic nitrogens is 1. The molecule has 0 atom stereocenters. The average molecular weight is 311 g/mol. The van der Waals surface area contributed by atoms with Gasteiger partial charge in [0.1, 0.15) is 11.5 Å². The van der Waals surface area contributed by atoms with E-state index >= 15 is 0 Å². The minimum atomic E-state index is -0.301. The third-order valence-electron chi connectivity index (χ3n) is 2.97. The summed E-state index contributed by atoms with van der Waals surface area (Å²) in [5.74, 6) is 0.319. The molecule has 1 aromatic carbocycles. The SMILES string of the molecule is Fc1cccc(-c2ocnc2CNC2CC2)c1Br. The summed E-state index contributed by atoms with van der Waals surface area (Å²) in [6.07, 6.45) is 3.84. The normalized spacial score (nSPS) is 15.0. The van der Waals surface area contributed by atoms with Crippen LogP contribution in [0, 0.1) is 5.82 Å². The third kappa shape index (κ3) is 2.33. The smallest absolute Gasteiger partial charge is 0.181 e. The molecular weight excluding hydrogens is 299 g/mol. The number of benzene rings is 1. The van der Waals surface area contributed by atoms with Crippen molar-refractivity contribution >= 4 is 15.9 Å². The van der Waals surface area contributed by atoms with Gasteiger partial charge < -0.3 is 9.73 Å². The van der Waals surface area contributed by atoms with E-state index in [1.54, 1.807) is 6.07 Å². The van der Waals surface area contributed by atoms with Crippen LogP contribution in [0.15, 0.2) is 33.5 Å². The summed E-state index contributed by atoms with van der Waals surface area (Å²) in [6, 6.07) is 5.49. The van der Waals surface area contributed by atoms with Gasteiger partial charge in [-0.3, -0.25) is 0 Å². The number of rotatable bonds is 4. The summed E-state index contributed by atoms with van der Waals surface area (Å²) in [4.78, 5) is 4.19. The van der Waals surface area contributed by atoms with Crippen LogP contribution >= 0.6 is 15.9 Å². The molecule has 1 fully saturated rings. The van der Waals surface area contributed by atoms with Gasteiger partial charge in [0.25, 0.3) is 0 Å². The molecule has 3 nitrogen and oxygen atoms in total. The van der Waals surface area contributed by atoms with E-state index in [4.69, 9.17) is 4.42 Å². The van der Waals surface area contributed by atoms with Crippen LogP contribution in [0.4, 0.5) is 4.39 Å². The number of oxazole rings is 1. The first-order valence-corrected chi connectivity index (χ1v) is 6.65. The molecule has 0 saturated heterocycles. The number of halogens is 2. The van der Waals surface area contributed by atoms with Gasteiger partial charge in [0.2, 0.25) is 0 Å². The highest BCUT2D eigenvalue weighted by molar-refractivity contribution is 9.10. The molecule has 0 spiro atoms. The molecule has 5 heteroatoms. The van der Waals surface area contributed by atoms with E-state index in [9.17, 15) is 4.39 Å². The van der Waals surface area contributed by atoms with Gasteiger partial charge >= 0.3 is 0 Å². The van der Waals surface area contributed by atoms with Gasteiger partial charge in [-0.05, 0) is 40.9 Å². The van der Waals surface area contributed by atoms with Crippen molar-refractivity contribution in [3.05, 3.63) is 40.6 Å². The number of hydrogen-bond acceptors (Lipinski definition) is 3. The highest BCUT2D eigenvalue weighted by Crippen LogP contribution is 2.32. The minimum absolute atomic E-state index is 0.301. The molecule has 1 heterocycles. The lowest BCUT2D eigenvalue weighted by molar-refractivity contribution is 0.566. The number of nitrogens with zero attached hydrogens (tertiary/aromatic N) is 1. The van der Waals surface area contributed by atoms with Crippen molar-refractivity contribution in [2.45, 2.75) is 25.4 Å². The van der Waals surface area contributed by atoms with Gasteiger partial charge in [0.15, 0.2) is 12.2 Å². The molecular formula is C13H12BrFN2O. The second-order valence-corrected chi connectivity index (χ2v) is 5.18. The summed E-state index contributed by atoms with van der Waals surface area (Å²) in [6.45, 7) is 0.652. The zero-order chi connectivity index (χ0) is 12.5. The Bertz CT molecular complexity index is 566. The van der Waals surface area contributed by atoms with E-state index < -0.39 is 0 Å². The van der Waals surface area contributed by atoms with Crippen LogP contribution in [0.2, 0.25) is 0 Å². The predicted molar refractivity (Wildman–Crippen MR) is 69.5 cm³/mol. The van der Waals surface area contributed by atoms with Gasteiger partial charge in [-0.25, -0.2) is 9.37 Å². The van der Waals surface area contributed by atoms with Gasteiger partial charge in [0.05, 0.1) is 4.47 Å². The lowest BCUT2D eigenvalue weighted by Crippen LogP contribution is -2.16. The van der Waals surface area contributed by atoms with Crippen molar-refractivity contribution < 1.29 is 8.81 Å². The first-order valence-electron chi connectivity index (χ1n) is 5.86.